The van der Waals surface area contributed by atoms with Gasteiger partial charge in [-0.1, -0.05) is 0 Å². The van der Waals surface area contributed by atoms with Crippen molar-refractivity contribution in [3.8, 4) is 0 Å². The van der Waals surface area contributed by atoms with Crippen molar-refractivity contribution in [2.75, 3.05) is 26.8 Å². The Balaban J connectivity index is 2.30. The molecule has 0 amide bonds. The lowest BCUT2D eigenvalue weighted by molar-refractivity contribution is -0.185. The first-order valence-corrected chi connectivity index (χ1v) is 4.47. The van der Waals surface area contributed by atoms with E-state index in [0.717, 1.165) is 0 Å². The predicted octanol–water partition coefficient (Wildman–Crippen LogP) is 1.44. The van der Waals surface area contributed by atoms with Gasteiger partial charge >= 0.3 is 6.18 Å². The van der Waals surface area contributed by atoms with E-state index >= 15 is 0 Å². The monoisotopic (exact) mass is 196 g/mol. The SMILES string of the molecule is CNCN1CCC(C(F)(F)F)CC1. The van der Waals surface area contributed by atoms with E-state index in [-0.39, 0.29) is 12.8 Å². The van der Waals surface area contributed by atoms with Crippen LogP contribution in [-0.4, -0.2) is 37.9 Å². The van der Waals surface area contributed by atoms with E-state index in [9.17, 15) is 13.2 Å². The van der Waals surface area contributed by atoms with Gasteiger partial charge < -0.3 is 5.32 Å². The molecule has 1 aliphatic rings. The molecule has 0 spiro atoms. The molecule has 1 saturated heterocycles. The fraction of sp³-hybridized carbons (Fsp3) is 1.00. The molecular weight excluding hydrogens is 181 g/mol. The molecule has 0 aromatic rings. The van der Waals surface area contributed by atoms with Crippen LogP contribution in [0.1, 0.15) is 12.8 Å². The first kappa shape index (κ1) is 10.8. The van der Waals surface area contributed by atoms with Gasteiger partial charge in [0.25, 0.3) is 0 Å². The molecule has 0 bridgehead atoms. The number of piperidine rings is 1. The van der Waals surface area contributed by atoms with E-state index in [4.69, 9.17) is 0 Å². The molecule has 0 aliphatic carbocycles. The summed E-state index contributed by atoms with van der Waals surface area (Å²) in [4.78, 5) is 2.00. The number of hydrogen-bond acceptors (Lipinski definition) is 2. The molecule has 78 valence electrons. The highest BCUT2D eigenvalue weighted by atomic mass is 19.4. The largest absolute Gasteiger partial charge is 0.391 e. The van der Waals surface area contributed by atoms with Crippen molar-refractivity contribution in [2.45, 2.75) is 19.0 Å². The topological polar surface area (TPSA) is 15.3 Å². The predicted molar refractivity (Wildman–Crippen MR) is 44.3 cm³/mol. The molecule has 1 heterocycles. The van der Waals surface area contributed by atoms with Crippen molar-refractivity contribution in [1.82, 2.24) is 10.2 Å². The summed E-state index contributed by atoms with van der Waals surface area (Å²) in [6.07, 6.45) is -3.51. The lowest BCUT2D eigenvalue weighted by Gasteiger charge is -2.32. The first-order chi connectivity index (χ1) is 6.04. The van der Waals surface area contributed by atoms with Crippen molar-refractivity contribution >= 4 is 0 Å². The second-order valence-electron chi connectivity index (χ2n) is 3.45. The van der Waals surface area contributed by atoms with Crippen LogP contribution in [0.5, 0.6) is 0 Å². The average Bonchev–Trinajstić information content (AvgIpc) is 2.04. The minimum absolute atomic E-state index is 0.241. The number of nitrogens with one attached hydrogen (secondary N) is 1. The zero-order valence-electron chi connectivity index (χ0n) is 7.69. The van der Waals surface area contributed by atoms with Gasteiger partial charge in [0.05, 0.1) is 5.92 Å². The fourth-order valence-corrected chi connectivity index (χ4v) is 1.64. The lowest BCUT2D eigenvalue weighted by Crippen LogP contribution is -2.42. The van der Waals surface area contributed by atoms with Crippen molar-refractivity contribution in [3.05, 3.63) is 0 Å². The van der Waals surface area contributed by atoms with Crippen LogP contribution in [0, 0.1) is 5.92 Å². The molecule has 0 radical (unpaired) electrons. The van der Waals surface area contributed by atoms with Crippen molar-refractivity contribution in [2.24, 2.45) is 5.92 Å². The van der Waals surface area contributed by atoms with Gasteiger partial charge in [0, 0.05) is 6.67 Å². The van der Waals surface area contributed by atoms with Gasteiger partial charge in [0.1, 0.15) is 0 Å². The number of alkyl halides is 3. The zero-order valence-corrected chi connectivity index (χ0v) is 7.69. The van der Waals surface area contributed by atoms with Gasteiger partial charge in [-0.05, 0) is 33.0 Å². The maximum Gasteiger partial charge on any atom is 0.391 e. The van der Waals surface area contributed by atoms with Gasteiger partial charge in [0.2, 0.25) is 0 Å². The Morgan fingerprint density at radius 3 is 2.23 bits per heavy atom. The van der Waals surface area contributed by atoms with E-state index in [2.05, 4.69) is 5.32 Å². The normalized spacial score (nSPS) is 22.2. The molecule has 0 saturated carbocycles. The smallest absolute Gasteiger partial charge is 0.307 e. The molecule has 1 rings (SSSR count). The van der Waals surface area contributed by atoms with E-state index in [1.165, 1.54) is 0 Å². The van der Waals surface area contributed by atoms with Crippen LogP contribution >= 0.6 is 0 Å². The summed E-state index contributed by atoms with van der Waals surface area (Å²) in [5.74, 6) is -1.08. The van der Waals surface area contributed by atoms with Crippen molar-refractivity contribution in [3.63, 3.8) is 0 Å². The fourth-order valence-electron chi connectivity index (χ4n) is 1.64. The highest BCUT2D eigenvalue weighted by molar-refractivity contribution is 4.76. The molecule has 0 atom stereocenters. The highest BCUT2D eigenvalue weighted by Crippen LogP contribution is 2.33. The number of hydrogen-bond donors (Lipinski definition) is 1. The lowest BCUT2D eigenvalue weighted by atomic mass is 9.97. The van der Waals surface area contributed by atoms with Crippen LogP contribution in [0.25, 0.3) is 0 Å². The molecule has 2 nitrogen and oxygen atoms in total. The molecule has 0 unspecified atom stereocenters. The van der Waals surface area contributed by atoms with Gasteiger partial charge in [-0.15, -0.1) is 0 Å². The molecular formula is C8H15F3N2. The first-order valence-electron chi connectivity index (χ1n) is 4.47. The number of nitrogens with zero attached hydrogens (tertiary/aromatic N) is 1. The molecule has 1 fully saturated rings. The minimum Gasteiger partial charge on any atom is -0.307 e. The quantitative estimate of drug-likeness (QED) is 0.719. The Morgan fingerprint density at radius 1 is 1.31 bits per heavy atom. The summed E-state index contributed by atoms with van der Waals surface area (Å²) in [5, 5.41) is 2.94. The third kappa shape index (κ3) is 3.15. The van der Waals surface area contributed by atoms with Crippen LogP contribution in [0.3, 0.4) is 0 Å². The molecule has 1 N–H and O–H groups in total. The van der Waals surface area contributed by atoms with Crippen LogP contribution < -0.4 is 5.32 Å². The van der Waals surface area contributed by atoms with E-state index in [1.807, 2.05) is 4.90 Å². The summed E-state index contributed by atoms with van der Waals surface area (Å²) in [7, 11) is 1.80. The third-order valence-corrected chi connectivity index (χ3v) is 2.43. The number of halogens is 3. The van der Waals surface area contributed by atoms with Crippen LogP contribution in [0.15, 0.2) is 0 Å². The second-order valence-corrected chi connectivity index (χ2v) is 3.45. The minimum atomic E-state index is -3.99. The molecule has 5 heteroatoms. The van der Waals surface area contributed by atoms with Gasteiger partial charge in [-0.2, -0.15) is 13.2 Å². The zero-order chi connectivity index (χ0) is 9.90. The molecule has 0 aromatic carbocycles. The Kier molecular flexibility index (Phi) is 3.55. The summed E-state index contributed by atoms with van der Waals surface area (Å²) in [5.41, 5.74) is 0. The van der Waals surface area contributed by atoms with E-state index in [1.54, 1.807) is 7.05 Å². The number of rotatable bonds is 2. The Bertz CT molecular complexity index is 150. The van der Waals surface area contributed by atoms with Crippen LogP contribution in [-0.2, 0) is 0 Å². The van der Waals surface area contributed by atoms with Gasteiger partial charge in [-0.25, -0.2) is 0 Å². The summed E-state index contributed by atoms with van der Waals surface area (Å²) >= 11 is 0. The number of likely N-dealkylation sites (tertiary alicyclic amines) is 1. The van der Waals surface area contributed by atoms with Crippen molar-refractivity contribution in [1.29, 1.82) is 0 Å². The van der Waals surface area contributed by atoms with Crippen LogP contribution in [0.2, 0.25) is 0 Å². The average molecular weight is 196 g/mol. The van der Waals surface area contributed by atoms with Gasteiger partial charge in [0.15, 0.2) is 0 Å². The maximum absolute atomic E-state index is 12.2. The van der Waals surface area contributed by atoms with E-state index < -0.39 is 12.1 Å². The van der Waals surface area contributed by atoms with Crippen molar-refractivity contribution < 1.29 is 13.2 Å². The van der Waals surface area contributed by atoms with Crippen LogP contribution in [0.4, 0.5) is 13.2 Å². The second kappa shape index (κ2) is 4.28. The summed E-state index contributed by atoms with van der Waals surface area (Å²) in [6.45, 7) is 1.78. The Labute approximate surface area is 76.1 Å². The highest BCUT2D eigenvalue weighted by Gasteiger charge is 2.40. The molecule has 13 heavy (non-hydrogen) atoms. The molecule has 0 aromatic heterocycles. The summed E-state index contributed by atoms with van der Waals surface area (Å²) < 4.78 is 36.7. The van der Waals surface area contributed by atoms with E-state index in [0.29, 0.717) is 19.8 Å². The van der Waals surface area contributed by atoms with Gasteiger partial charge in [-0.3, -0.25) is 4.90 Å². The molecule has 1 aliphatic heterocycles. The maximum atomic E-state index is 12.2. The third-order valence-electron chi connectivity index (χ3n) is 2.43. The standard InChI is InChI=1S/C8H15F3N2/c1-12-6-13-4-2-7(3-5-13)8(9,10)11/h7,12H,2-6H2,1H3. The Hall–Kier alpha value is -0.290. The Morgan fingerprint density at radius 2 is 1.85 bits per heavy atom. The summed E-state index contributed by atoms with van der Waals surface area (Å²) in [6, 6.07) is 0.